The lowest BCUT2D eigenvalue weighted by molar-refractivity contribution is 0.660. The Kier molecular flexibility index (Phi) is 7.32. The van der Waals surface area contributed by atoms with Gasteiger partial charge >= 0.3 is 0 Å². The highest BCUT2D eigenvalue weighted by molar-refractivity contribution is 6.16. The number of fused-ring (bicyclic) bond motifs is 11. The monoisotopic (exact) mass is 734 g/mol. The average Bonchev–Trinajstić information content (AvgIpc) is 3.80. The molecular weight excluding hydrogens is 689 g/mol. The Morgan fingerprint density at radius 3 is 2.04 bits per heavy atom. The first-order valence-corrected chi connectivity index (χ1v) is 20.5. The van der Waals surface area contributed by atoms with Crippen molar-refractivity contribution in [3.05, 3.63) is 191 Å². The van der Waals surface area contributed by atoms with Crippen LogP contribution in [0.4, 0.5) is 17.1 Å². The summed E-state index contributed by atoms with van der Waals surface area (Å²) in [6.45, 7) is 13.8. The molecule has 2 nitrogen and oxygen atoms in total. The van der Waals surface area contributed by atoms with Crippen molar-refractivity contribution in [3.8, 4) is 27.9 Å². The molecule has 2 heteroatoms. The maximum absolute atomic E-state index is 2.59. The van der Waals surface area contributed by atoms with E-state index in [4.69, 9.17) is 0 Å². The van der Waals surface area contributed by atoms with Gasteiger partial charge in [0.1, 0.15) is 0 Å². The summed E-state index contributed by atoms with van der Waals surface area (Å²) in [6, 6.07) is 57.8. The largest absolute Gasteiger partial charge is 0.308 e. The molecule has 2 aliphatic carbocycles. The summed E-state index contributed by atoms with van der Waals surface area (Å²) >= 11 is 0. The van der Waals surface area contributed by atoms with Crippen molar-refractivity contribution in [2.24, 2.45) is 0 Å². The van der Waals surface area contributed by atoms with Crippen LogP contribution in [0.5, 0.6) is 0 Å². The van der Waals surface area contributed by atoms with Crippen molar-refractivity contribution < 1.29 is 0 Å². The van der Waals surface area contributed by atoms with Gasteiger partial charge in [-0.05, 0) is 131 Å². The standard InChI is InChI=1S/C55H46N2/c1-7-38-39-15-8-9-16-40(39)47-31-36(24-26-41(38)47)56(52-32-49-53(44-19-11-10-17-42(44)52)46-25-23-33(2)30-48(46)55(49,5)6)51-22-14-20-45-43-18-12-13-21-50(43)57(54(45)51)37-28-34(3)27-35(4)29-37/h8-32,38H,7H2,1-6H3. The van der Waals surface area contributed by atoms with Crippen molar-refractivity contribution in [2.45, 2.75) is 59.3 Å². The molecule has 0 saturated carbocycles. The molecule has 0 radical (unpaired) electrons. The van der Waals surface area contributed by atoms with E-state index < -0.39 is 0 Å². The first kappa shape index (κ1) is 33.9. The van der Waals surface area contributed by atoms with E-state index in [1.54, 1.807) is 0 Å². The normalized spacial score (nSPS) is 14.9. The molecule has 57 heavy (non-hydrogen) atoms. The third kappa shape index (κ3) is 4.83. The number of hydrogen-bond donors (Lipinski definition) is 0. The van der Waals surface area contributed by atoms with Crippen molar-refractivity contribution in [2.75, 3.05) is 4.90 Å². The fourth-order valence-corrected chi connectivity index (χ4v) is 10.7. The summed E-state index contributed by atoms with van der Waals surface area (Å²) in [4.78, 5) is 2.59. The minimum absolute atomic E-state index is 0.174. The zero-order chi connectivity index (χ0) is 38.7. The van der Waals surface area contributed by atoms with Crippen LogP contribution in [-0.2, 0) is 5.41 Å². The summed E-state index contributed by atoms with van der Waals surface area (Å²) in [6.07, 6.45) is 1.08. The highest BCUT2D eigenvalue weighted by Gasteiger charge is 2.38. The van der Waals surface area contributed by atoms with E-state index in [2.05, 4.69) is 203 Å². The van der Waals surface area contributed by atoms with Crippen LogP contribution in [0.25, 0.3) is 60.5 Å². The van der Waals surface area contributed by atoms with E-state index in [0.29, 0.717) is 5.92 Å². The van der Waals surface area contributed by atoms with Crippen LogP contribution >= 0.6 is 0 Å². The van der Waals surface area contributed by atoms with E-state index in [9.17, 15) is 0 Å². The Morgan fingerprint density at radius 2 is 1.23 bits per heavy atom. The summed E-state index contributed by atoms with van der Waals surface area (Å²) in [5, 5.41) is 5.05. The molecule has 0 N–H and O–H groups in total. The Balaban J connectivity index is 1.28. The van der Waals surface area contributed by atoms with Gasteiger partial charge in [0.15, 0.2) is 0 Å². The van der Waals surface area contributed by atoms with Crippen molar-refractivity contribution >= 4 is 49.6 Å². The molecule has 0 bridgehead atoms. The summed E-state index contributed by atoms with van der Waals surface area (Å²) in [5.74, 6) is 0.401. The zero-order valence-corrected chi connectivity index (χ0v) is 33.6. The van der Waals surface area contributed by atoms with Crippen LogP contribution in [0.1, 0.15) is 72.1 Å². The number of hydrogen-bond acceptors (Lipinski definition) is 1. The molecule has 1 unspecified atom stereocenters. The lowest BCUT2D eigenvalue weighted by atomic mass is 9.81. The van der Waals surface area contributed by atoms with E-state index in [0.717, 1.165) is 12.1 Å². The fourth-order valence-electron chi connectivity index (χ4n) is 10.7. The molecule has 1 atom stereocenters. The Morgan fingerprint density at radius 1 is 0.526 bits per heavy atom. The van der Waals surface area contributed by atoms with Gasteiger partial charge in [-0.25, -0.2) is 0 Å². The molecule has 0 saturated heterocycles. The third-order valence-electron chi connectivity index (χ3n) is 13.1. The molecule has 1 heterocycles. The predicted octanol–water partition coefficient (Wildman–Crippen LogP) is 15.2. The van der Waals surface area contributed by atoms with Crippen molar-refractivity contribution in [1.29, 1.82) is 0 Å². The number of para-hydroxylation sites is 2. The molecule has 1 aromatic heterocycles. The summed E-state index contributed by atoms with van der Waals surface area (Å²) in [7, 11) is 0. The second-order valence-corrected chi connectivity index (χ2v) is 17.1. The van der Waals surface area contributed by atoms with Gasteiger partial charge in [0, 0.05) is 38.9 Å². The van der Waals surface area contributed by atoms with Gasteiger partial charge in [-0.15, -0.1) is 0 Å². The molecule has 0 amide bonds. The maximum atomic E-state index is 2.59. The van der Waals surface area contributed by atoms with Crippen molar-refractivity contribution in [3.63, 3.8) is 0 Å². The molecule has 8 aromatic carbocycles. The van der Waals surface area contributed by atoms with E-state index in [1.807, 2.05) is 0 Å². The molecule has 9 aromatic rings. The van der Waals surface area contributed by atoms with Gasteiger partial charge < -0.3 is 9.47 Å². The van der Waals surface area contributed by atoms with Gasteiger partial charge in [0.05, 0.1) is 22.4 Å². The number of rotatable bonds is 5. The first-order chi connectivity index (χ1) is 27.7. The number of anilines is 3. The number of benzene rings is 8. The third-order valence-corrected chi connectivity index (χ3v) is 13.1. The molecule has 11 rings (SSSR count). The van der Waals surface area contributed by atoms with Crippen LogP contribution in [0.3, 0.4) is 0 Å². The Hall–Kier alpha value is -6.38. The van der Waals surface area contributed by atoms with Crippen LogP contribution in [-0.4, -0.2) is 4.57 Å². The number of aryl methyl sites for hydroxylation is 3. The lowest BCUT2D eigenvalue weighted by Gasteiger charge is -2.31. The minimum Gasteiger partial charge on any atom is -0.308 e. The predicted molar refractivity (Wildman–Crippen MR) is 242 cm³/mol. The highest BCUT2D eigenvalue weighted by Crippen LogP contribution is 2.56. The van der Waals surface area contributed by atoms with Crippen LogP contribution < -0.4 is 4.90 Å². The van der Waals surface area contributed by atoms with E-state index in [1.165, 1.54) is 111 Å². The van der Waals surface area contributed by atoms with Crippen LogP contribution in [0.15, 0.2) is 152 Å². The SMILES string of the molecule is CCC1c2ccccc2-c2cc(N(c3cc4c(c5ccccc35)-c3ccc(C)cc3C4(C)C)c3cccc4c5ccccc5n(-c5cc(C)cc(C)c5)c34)ccc21. The van der Waals surface area contributed by atoms with Gasteiger partial charge in [0.25, 0.3) is 0 Å². The Bertz CT molecular complexity index is 3120. The molecule has 0 fully saturated rings. The zero-order valence-electron chi connectivity index (χ0n) is 33.6. The van der Waals surface area contributed by atoms with Crippen LogP contribution in [0.2, 0.25) is 0 Å². The number of aromatic nitrogens is 1. The molecule has 0 aliphatic heterocycles. The van der Waals surface area contributed by atoms with Gasteiger partial charge in [-0.1, -0.05) is 136 Å². The maximum Gasteiger partial charge on any atom is 0.0782 e. The van der Waals surface area contributed by atoms with Gasteiger partial charge in [0.2, 0.25) is 0 Å². The number of nitrogens with zero attached hydrogens (tertiary/aromatic N) is 2. The van der Waals surface area contributed by atoms with Crippen LogP contribution in [0, 0.1) is 20.8 Å². The first-order valence-electron chi connectivity index (χ1n) is 20.5. The second kappa shape index (κ2) is 12.3. The van der Waals surface area contributed by atoms with Gasteiger partial charge in [-0.2, -0.15) is 0 Å². The smallest absolute Gasteiger partial charge is 0.0782 e. The minimum atomic E-state index is -0.174. The highest BCUT2D eigenvalue weighted by atomic mass is 15.2. The average molecular weight is 735 g/mol. The Labute approximate surface area is 335 Å². The molecule has 0 spiro atoms. The van der Waals surface area contributed by atoms with E-state index in [-0.39, 0.29) is 5.41 Å². The molecular formula is C55H46N2. The molecule has 2 aliphatic rings. The lowest BCUT2D eigenvalue weighted by Crippen LogP contribution is -2.17. The fraction of sp³-hybridized carbons (Fsp3) is 0.164. The summed E-state index contributed by atoms with van der Waals surface area (Å²) in [5.41, 5.74) is 21.8. The topological polar surface area (TPSA) is 8.17 Å². The second-order valence-electron chi connectivity index (χ2n) is 17.1. The van der Waals surface area contributed by atoms with Crippen molar-refractivity contribution in [1.82, 2.24) is 4.57 Å². The quantitative estimate of drug-likeness (QED) is 0.171. The molecule has 276 valence electrons. The summed E-state index contributed by atoms with van der Waals surface area (Å²) < 4.78 is 2.51. The van der Waals surface area contributed by atoms with Gasteiger partial charge in [-0.3, -0.25) is 0 Å². The van der Waals surface area contributed by atoms with E-state index >= 15 is 0 Å².